The Morgan fingerprint density at radius 2 is 2.00 bits per heavy atom. The Morgan fingerprint density at radius 3 is 2.47 bits per heavy atom. The molecule has 0 amide bonds. The molecule has 1 aliphatic carbocycles. The third kappa shape index (κ3) is 3.01. The summed E-state index contributed by atoms with van der Waals surface area (Å²) < 4.78 is 24.8. The van der Waals surface area contributed by atoms with E-state index in [4.69, 9.17) is 5.26 Å². The molecule has 4 heteroatoms. The number of rotatable bonds is 4. The topological polar surface area (TPSA) is 57.9 Å². The highest BCUT2D eigenvalue weighted by atomic mass is 32.2. The molecule has 4 unspecified atom stereocenters. The Bertz CT molecular complexity index is 383. The minimum atomic E-state index is -3.14. The second-order valence-corrected chi connectivity index (χ2v) is 7.76. The lowest BCUT2D eigenvalue weighted by Gasteiger charge is -2.33. The van der Waals surface area contributed by atoms with Gasteiger partial charge in [0.1, 0.15) is 0 Å². The van der Waals surface area contributed by atoms with Gasteiger partial charge in [0.05, 0.1) is 22.5 Å². The van der Waals surface area contributed by atoms with Crippen molar-refractivity contribution in [2.75, 3.05) is 0 Å². The van der Waals surface area contributed by atoms with Crippen LogP contribution >= 0.6 is 0 Å². The molecule has 0 N–H and O–H groups in total. The molecule has 3 nitrogen and oxygen atoms in total. The first-order chi connectivity index (χ1) is 7.97. The van der Waals surface area contributed by atoms with E-state index in [0.717, 1.165) is 19.3 Å². The van der Waals surface area contributed by atoms with E-state index in [0.29, 0.717) is 18.8 Å². The summed E-state index contributed by atoms with van der Waals surface area (Å²) in [4.78, 5) is 0. The van der Waals surface area contributed by atoms with Crippen molar-refractivity contribution in [2.45, 2.75) is 63.4 Å². The Labute approximate surface area is 105 Å². The van der Waals surface area contributed by atoms with E-state index in [1.807, 2.05) is 6.92 Å². The van der Waals surface area contributed by atoms with E-state index in [1.165, 1.54) is 0 Å². The molecule has 4 atom stereocenters. The summed E-state index contributed by atoms with van der Waals surface area (Å²) in [6, 6.07) is 2.20. The second kappa shape index (κ2) is 5.86. The number of nitrogens with zero attached hydrogens (tertiary/aromatic N) is 1. The van der Waals surface area contributed by atoms with Gasteiger partial charge in [-0.05, 0) is 38.5 Å². The molecule has 98 valence electrons. The lowest BCUT2D eigenvalue weighted by molar-refractivity contribution is 0.307. The molecule has 0 heterocycles. The van der Waals surface area contributed by atoms with E-state index in [2.05, 4.69) is 13.0 Å². The maximum Gasteiger partial charge on any atom is 0.157 e. The molecule has 1 fully saturated rings. The zero-order valence-electron chi connectivity index (χ0n) is 11.0. The van der Waals surface area contributed by atoms with Crippen LogP contribution in [0.5, 0.6) is 0 Å². The fraction of sp³-hybridized carbons (Fsp3) is 0.923. The van der Waals surface area contributed by atoms with Crippen LogP contribution in [0, 0.1) is 23.2 Å². The van der Waals surface area contributed by atoms with Gasteiger partial charge in [-0.2, -0.15) is 5.26 Å². The normalized spacial score (nSPS) is 31.8. The average Bonchev–Trinajstić information content (AvgIpc) is 2.36. The van der Waals surface area contributed by atoms with Crippen LogP contribution in [0.1, 0.15) is 52.9 Å². The molecule has 0 saturated heterocycles. The Morgan fingerprint density at radius 1 is 1.35 bits per heavy atom. The molecule has 0 radical (unpaired) electrons. The molecule has 1 aliphatic rings. The monoisotopic (exact) mass is 257 g/mol. The minimum absolute atomic E-state index is 0.295. The van der Waals surface area contributed by atoms with Crippen molar-refractivity contribution >= 4 is 9.84 Å². The summed E-state index contributed by atoms with van der Waals surface area (Å²) in [6.45, 7) is 5.76. The fourth-order valence-electron chi connectivity index (χ4n) is 2.62. The van der Waals surface area contributed by atoms with Gasteiger partial charge in [0.25, 0.3) is 0 Å². The summed E-state index contributed by atoms with van der Waals surface area (Å²) in [7, 11) is -3.14. The van der Waals surface area contributed by atoms with E-state index >= 15 is 0 Å². The zero-order chi connectivity index (χ0) is 13.1. The maximum atomic E-state index is 12.4. The van der Waals surface area contributed by atoms with E-state index in [9.17, 15) is 8.42 Å². The molecule has 17 heavy (non-hydrogen) atoms. The van der Waals surface area contributed by atoms with Crippen molar-refractivity contribution in [1.82, 2.24) is 0 Å². The first-order valence-corrected chi connectivity index (χ1v) is 8.20. The highest BCUT2D eigenvalue weighted by molar-refractivity contribution is 7.92. The summed E-state index contributed by atoms with van der Waals surface area (Å²) in [5.74, 6) is 0.181. The largest absolute Gasteiger partial charge is 0.228 e. The molecule has 1 rings (SSSR count). The maximum absolute atomic E-state index is 12.4. The summed E-state index contributed by atoms with van der Waals surface area (Å²) >= 11 is 0. The molecule has 0 aromatic carbocycles. The SMILES string of the molecule is CCC1CCC(C#N)C(S(=O)(=O)C(C)CC)C1. The molecular formula is C13H23NO2S. The number of nitriles is 1. The van der Waals surface area contributed by atoms with Crippen molar-refractivity contribution in [2.24, 2.45) is 11.8 Å². The number of hydrogen-bond acceptors (Lipinski definition) is 3. The lowest BCUT2D eigenvalue weighted by Crippen LogP contribution is -2.39. The van der Waals surface area contributed by atoms with Gasteiger partial charge in [-0.25, -0.2) is 8.42 Å². The van der Waals surface area contributed by atoms with Crippen LogP contribution in [-0.4, -0.2) is 18.9 Å². The first kappa shape index (κ1) is 14.5. The van der Waals surface area contributed by atoms with Crippen LogP contribution < -0.4 is 0 Å². The first-order valence-electron chi connectivity index (χ1n) is 6.59. The van der Waals surface area contributed by atoms with Gasteiger partial charge in [0.15, 0.2) is 9.84 Å². The second-order valence-electron chi connectivity index (χ2n) is 5.17. The summed E-state index contributed by atoms with van der Waals surface area (Å²) in [6.07, 6.45) is 4.08. The van der Waals surface area contributed by atoms with E-state index < -0.39 is 15.1 Å². The van der Waals surface area contributed by atoms with Gasteiger partial charge in [-0.3, -0.25) is 0 Å². The number of hydrogen-bond donors (Lipinski definition) is 0. The molecule has 0 bridgehead atoms. The van der Waals surface area contributed by atoms with Crippen molar-refractivity contribution < 1.29 is 8.42 Å². The number of sulfone groups is 1. The van der Waals surface area contributed by atoms with Gasteiger partial charge < -0.3 is 0 Å². The van der Waals surface area contributed by atoms with E-state index in [-0.39, 0.29) is 11.2 Å². The third-order valence-electron chi connectivity index (χ3n) is 4.20. The van der Waals surface area contributed by atoms with Crippen molar-refractivity contribution in [3.05, 3.63) is 0 Å². The van der Waals surface area contributed by atoms with Crippen molar-refractivity contribution in [1.29, 1.82) is 5.26 Å². The molecular weight excluding hydrogens is 234 g/mol. The van der Waals surface area contributed by atoms with Crippen molar-refractivity contribution in [3.63, 3.8) is 0 Å². The predicted molar refractivity (Wildman–Crippen MR) is 69.2 cm³/mol. The highest BCUT2D eigenvalue weighted by Gasteiger charge is 2.40. The fourth-order valence-corrected chi connectivity index (χ4v) is 4.88. The molecule has 0 spiro atoms. The smallest absolute Gasteiger partial charge is 0.157 e. The van der Waals surface area contributed by atoms with E-state index in [1.54, 1.807) is 6.92 Å². The van der Waals surface area contributed by atoms with Gasteiger partial charge in [0.2, 0.25) is 0 Å². The Balaban J connectivity index is 2.95. The van der Waals surface area contributed by atoms with Gasteiger partial charge in [-0.1, -0.05) is 20.3 Å². The Kier molecular flexibility index (Phi) is 5.00. The average molecular weight is 257 g/mol. The van der Waals surface area contributed by atoms with Gasteiger partial charge in [0, 0.05) is 0 Å². The quantitative estimate of drug-likeness (QED) is 0.778. The van der Waals surface area contributed by atoms with Crippen LogP contribution in [0.25, 0.3) is 0 Å². The molecule has 0 aliphatic heterocycles. The summed E-state index contributed by atoms with van der Waals surface area (Å²) in [5.41, 5.74) is 0. The molecule has 0 aromatic rings. The van der Waals surface area contributed by atoms with Crippen molar-refractivity contribution in [3.8, 4) is 6.07 Å². The highest BCUT2D eigenvalue weighted by Crippen LogP contribution is 2.36. The zero-order valence-corrected chi connectivity index (χ0v) is 11.8. The van der Waals surface area contributed by atoms with Crippen LogP contribution in [0.4, 0.5) is 0 Å². The van der Waals surface area contributed by atoms with Crippen LogP contribution in [0.3, 0.4) is 0 Å². The molecule has 1 saturated carbocycles. The Hall–Kier alpha value is -0.560. The van der Waals surface area contributed by atoms with Crippen LogP contribution in [0.2, 0.25) is 0 Å². The van der Waals surface area contributed by atoms with Gasteiger partial charge >= 0.3 is 0 Å². The van der Waals surface area contributed by atoms with Gasteiger partial charge in [-0.15, -0.1) is 0 Å². The third-order valence-corrected chi connectivity index (χ3v) is 7.02. The lowest BCUT2D eigenvalue weighted by atomic mass is 9.81. The van der Waals surface area contributed by atoms with Crippen LogP contribution in [0.15, 0.2) is 0 Å². The predicted octanol–water partition coefficient (Wildman–Crippen LogP) is 2.92. The molecule has 0 aromatic heterocycles. The van der Waals surface area contributed by atoms with Crippen LogP contribution in [-0.2, 0) is 9.84 Å². The minimum Gasteiger partial charge on any atom is -0.228 e. The standard InChI is InChI=1S/C13H23NO2S/c1-4-10(3)17(15,16)13-8-11(5-2)6-7-12(13)9-14/h10-13H,4-8H2,1-3H3. The summed E-state index contributed by atoms with van der Waals surface area (Å²) in [5, 5.41) is 8.37.